The third-order valence-corrected chi connectivity index (χ3v) is 2.35. The van der Waals surface area contributed by atoms with Crippen molar-refractivity contribution in [2.45, 2.75) is 32.6 Å². The van der Waals surface area contributed by atoms with E-state index in [1.165, 1.54) is 12.8 Å². The highest BCUT2D eigenvalue weighted by Crippen LogP contribution is 2.08. The summed E-state index contributed by atoms with van der Waals surface area (Å²) in [6, 6.07) is 6.85. The lowest BCUT2D eigenvalue weighted by atomic mass is 10.2. The lowest BCUT2D eigenvalue weighted by Gasteiger charge is -2.04. The highest BCUT2D eigenvalue weighted by atomic mass is 16.5. The molecule has 0 saturated carbocycles. The van der Waals surface area contributed by atoms with Gasteiger partial charge >= 0.3 is 5.97 Å². The van der Waals surface area contributed by atoms with E-state index in [9.17, 15) is 4.79 Å². The summed E-state index contributed by atoms with van der Waals surface area (Å²) in [6.07, 6.45) is 4.42. The van der Waals surface area contributed by atoms with Gasteiger partial charge < -0.3 is 10.5 Å². The van der Waals surface area contributed by atoms with Gasteiger partial charge in [-0.05, 0) is 24.6 Å². The van der Waals surface area contributed by atoms with Gasteiger partial charge in [0.1, 0.15) is 0 Å². The number of benzene rings is 1. The molecule has 88 valence electrons. The molecule has 0 aliphatic carbocycles. The van der Waals surface area contributed by atoms with Crippen LogP contribution in [0.5, 0.6) is 0 Å². The molecule has 0 atom stereocenters. The minimum absolute atomic E-state index is 0.288. The Balaban J connectivity index is 2.30. The third-order valence-electron chi connectivity index (χ3n) is 2.35. The van der Waals surface area contributed by atoms with Crippen molar-refractivity contribution in [1.29, 1.82) is 0 Å². The summed E-state index contributed by atoms with van der Waals surface area (Å²) in [4.78, 5) is 11.6. The summed E-state index contributed by atoms with van der Waals surface area (Å²) in [7, 11) is 0. The molecule has 0 amide bonds. The molecular formula is C13H19NO2. The van der Waals surface area contributed by atoms with Crippen molar-refractivity contribution >= 4 is 11.7 Å². The molecule has 1 aromatic carbocycles. The first-order valence-corrected chi connectivity index (χ1v) is 5.76. The minimum atomic E-state index is -0.288. The van der Waals surface area contributed by atoms with E-state index < -0.39 is 0 Å². The number of nitrogens with two attached hydrogens (primary N) is 1. The van der Waals surface area contributed by atoms with Crippen LogP contribution in [-0.4, -0.2) is 12.6 Å². The molecule has 0 aliphatic rings. The summed E-state index contributed by atoms with van der Waals surface area (Å²) < 4.78 is 5.14. The zero-order chi connectivity index (χ0) is 11.8. The number of hydrogen-bond acceptors (Lipinski definition) is 3. The van der Waals surface area contributed by atoms with E-state index in [0.717, 1.165) is 12.8 Å². The molecule has 0 heterocycles. The molecule has 0 aromatic heterocycles. The van der Waals surface area contributed by atoms with Crippen molar-refractivity contribution < 1.29 is 9.53 Å². The maximum Gasteiger partial charge on any atom is 0.338 e. The summed E-state index contributed by atoms with van der Waals surface area (Å²) in [5, 5.41) is 0. The van der Waals surface area contributed by atoms with E-state index in [1.54, 1.807) is 24.3 Å². The van der Waals surface area contributed by atoms with Crippen LogP contribution in [0.3, 0.4) is 0 Å². The first kappa shape index (κ1) is 12.6. The van der Waals surface area contributed by atoms with E-state index in [-0.39, 0.29) is 5.97 Å². The summed E-state index contributed by atoms with van der Waals surface area (Å²) in [6.45, 7) is 2.65. The predicted octanol–water partition coefficient (Wildman–Crippen LogP) is 3.01. The van der Waals surface area contributed by atoms with Gasteiger partial charge in [-0.2, -0.15) is 0 Å². The van der Waals surface area contributed by atoms with Crippen LogP contribution in [-0.2, 0) is 4.74 Å². The molecule has 0 aliphatic heterocycles. The summed E-state index contributed by atoms with van der Waals surface area (Å²) in [5.41, 5.74) is 6.69. The predicted molar refractivity (Wildman–Crippen MR) is 65.3 cm³/mol. The van der Waals surface area contributed by atoms with E-state index in [2.05, 4.69) is 6.92 Å². The van der Waals surface area contributed by atoms with Crippen molar-refractivity contribution in [2.75, 3.05) is 12.3 Å². The van der Waals surface area contributed by atoms with Gasteiger partial charge in [0.05, 0.1) is 12.2 Å². The fraction of sp³-hybridized carbons (Fsp3) is 0.462. The van der Waals surface area contributed by atoms with Crippen molar-refractivity contribution in [3.05, 3.63) is 29.8 Å². The topological polar surface area (TPSA) is 52.3 Å². The summed E-state index contributed by atoms with van der Waals surface area (Å²) in [5.74, 6) is -0.288. The van der Waals surface area contributed by atoms with Crippen LogP contribution in [0, 0.1) is 0 Å². The third kappa shape index (κ3) is 4.34. The highest BCUT2D eigenvalue weighted by Gasteiger charge is 2.06. The van der Waals surface area contributed by atoms with Crippen LogP contribution >= 0.6 is 0 Å². The fourth-order valence-electron chi connectivity index (χ4n) is 1.44. The molecule has 0 spiro atoms. The van der Waals surface area contributed by atoms with Crippen LogP contribution in [0.15, 0.2) is 24.3 Å². The second-order valence-electron chi connectivity index (χ2n) is 3.82. The largest absolute Gasteiger partial charge is 0.462 e. The van der Waals surface area contributed by atoms with Gasteiger partial charge in [-0.3, -0.25) is 0 Å². The number of carbonyl (C=O) groups excluding carboxylic acids is 1. The fourth-order valence-corrected chi connectivity index (χ4v) is 1.44. The molecule has 0 bridgehead atoms. The van der Waals surface area contributed by atoms with E-state index >= 15 is 0 Å². The highest BCUT2D eigenvalue weighted by molar-refractivity contribution is 5.90. The van der Waals surface area contributed by atoms with Gasteiger partial charge in [0.25, 0.3) is 0 Å². The number of ether oxygens (including phenoxy) is 1. The Morgan fingerprint density at radius 1 is 1.31 bits per heavy atom. The number of unbranched alkanes of at least 4 members (excludes halogenated alkanes) is 3. The molecule has 2 N–H and O–H groups in total. The first-order chi connectivity index (χ1) is 7.74. The zero-order valence-corrected chi connectivity index (χ0v) is 9.74. The Bertz CT molecular complexity index is 336. The Morgan fingerprint density at radius 3 is 2.81 bits per heavy atom. The van der Waals surface area contributed by atoms with E-state index in [4.69, 9.17) is 10.5 Å². The van der Waals surface area contributed by atoms with E-state index in [0.29, 0.717) is 17.9 Å². The monoisotopic (exact) mass is 221 g/mol. The molecule has 1 rings (SSSR count). The zero-order valence-electron chi connectivity index (χ0n) is 9.74. The Morgan fingerprint density at radius 2 is 2.12 bits per heavy atom. The number of nitrogen functional groups attached to an aromatic ring is 1. The molecule has 3 heteroatoms. The smallest absolute Gasteiger partial charge is 0.338 e. The standard InChI is InChI=1S/C13H19NO2/c1-2-3-4-5-9-16-13(15)11-7-6-8-12(14)10-11/h6-8,10H,2-5,9,14H2,1H3. The average molecular weight is 221 g/mol. The number of rotatable bonds is 6. The molecule has 0 saturated heterocycles. The van der Waals surface area contributed by atoms with Crippen LogP contribution in [0.25, 0.3) is 0 Å². The molecule has 0 radical (unpaired) electrons. The average Bonchev–Trinajstić information content (AvgIpc) is 2.28. The van der Waals surface area contributed by atoms with Gasteiger partial charge in [0.15, 0.2) is 0 Å². The number of anilines is 1. The normalized spacial score (nSPS) is 10.1. The van der Waals surface area contributed by atoms with Crippen LogP contribution in [0.4, 0.5) is 5.69 Å². The van der Waals surface area contributed by atoms with Crippen molar-refractivity contribution in [3.8, 4) is 0 Å². The van der Waals surface area contributed by atoms with E-state index in [1.807, 2.05) is 0 Å². The summed E-state index contributed by atoms with van der Waals surface area (Å²) >= 11 is 0. The maximum atomic E-state index is 11.6. The second kappa shape index (κ2) is 6.88. The van der Waals surface area contributed by atoms with Gasteiger partial charge in [-0.15, -0.1) is 0 Å². The van der Waals surface area contributed by atoms with Crippen LogP contribution in [0.2, 0.25) is 0 Å². The van der Waals surface area contributed by atoms with Crippen LogP contribution < -0.4 is 5.73 Å². The first-order valence-electron chi connectivity index (χ1n) is 5.76. The lowest BCUT2D eigenvalue weighted by molar-refractivity contribution is 0.0498. The Hall–Kier alpha value is -1.51. The number of carbonyl (C=O) groups is 1. The van der Waals surface area contributed by atoms with Crippen LogP contribution in [0.1, 0.15) is 43.0 Å². The molecule has 0 fully saturated rings. The molecule has 3 nitrogen and oxygen atoms in total. The maximum absolute atomic E-state index is 11.6. The Kier molecular flexibility index (Phi) is 5.40. The van der Waals surface area contributed by atoms with Gasteiger partial charge in [0.2, 0.25) is 0 Å². The van der Waals surface area contributed by atoms with Gasteiger partial charge in [-0.1, -0.05) is 32.3 Å². The van der Waals surface area contributed by atoms with Gasteiger partial charge in [0, 0.05) is 5.69 Å². The SMILES string of the molecule is CCCCCCOC(=O)c1cccc(N)c1. The van der Waals surface area contributed by atoms with Crippen molar-refractivity contribution in [2.24, 2.45) is 0 Å². The molecular weight excluding hydrogens is 202 g/mol. The molecule has 16 heavy (non-hydrogen) atoms. The number of esters is 1. The van der Waals surface area contributed by atoms with Crippen molar-refractivity contribution in [1.82, 2.24) is 0 Å². The minimum Gasteiger partial charge on any atom is -0.462 e. The second-order valence-corrected chi connectivity index (χ2v) is 3.82. The quantitative estimate of drug-likeness (QED) is 0.456. The Labute approximate surface area is 96.6 Å². The molecule has 0 unspecified atom stereocenters. The number of hydrogen-bond donors (Lipinski definition) is 1. The lowest BCUT2D eigenvalue weighted by Crippen LogP contribution is -2.06. The van der Waals surface area contributed by atoms with Gasteiger partial charge in [-0.25, -0.2) is 4.79 Å². The van der Waals surface area contributed by atoms with Crippen molar-refractivity contribution in [3.63, 3.8) is 0 Å². The molecule has 1 aromatic rings.